The summed E-state index contributed by atoms with van der Waals surface area (Å²) in [7, 11) is -3.06. The summed E-state index contributed by atoms with van der Waals surface area (Å²) in [6.07, 6.45) is 2.53. The molecule has 0 N–H and O–H groups in total. The average Bonchev–Trinajstić information content (AvgIpc) is 3.31. The van der Waals surface area contributed by atoms with E-state index in [4.69, 9.17) is 4.98 Å². The highest BCUT2D eigenvalue weighted by Crippen LogP contribution is 2.33. The van der Waals surface area contributed by atoms with Gasteiger partial charge in [0.25, 0.3) is 0 Å². The van der Waals surface area contributed by atoms with Crippen LogP contribution in [0.15, 0.2) is 18.2 Å². The second-order valence-corrected chi connectivity index (χ2v) is 9.67. The predicted octanol–water partition coefficient (Wildman–Crippen LogP) is 2.61. The molecule has 2 heterocycles. The first-order chi connectivity index (χ1) is 11.0. The van der Waals surface area contributed by atoms with Crippen molar-refractivity contribution < 1.29 is 8.42 Å². The quantitative estimate of drug-likeness (QED) is 0.853. The maximum absolute atomic E-state index is 12.4. The van der Waals surface area contributed by atoms with Crippen molar-refractivity contribution in [3.8, 4) is 0 Å². The molecule has 23 heavy (non-hydrogen) atoms. The summed E-state index contributed by atoms with van der Waals surface area (Å²) in [5.41, 5.74) is 2.27. The zero-order valence-corrected chi connectivity index (χ0v) is 14.9. The van der Waals surface area contributed by atoms with Crippen LogP contribution in [-0.2, 0) is 10.0 Å². The van der Waals surface area contributed by atoms with Gasteiger partial charge < -0.3 is 4.90 Å². The first kappa shape index (κ1) is 15.4. The normalized spacial score (nSPS) is 20.8. The van der Waals surface area contributed by atoms with Crippen LogP contribution >= 0.6 is 11.3 Å². The average molecular weight is 351 g/mol. The summed E-state index contributed by atoms with van der Waals surface area (Å²) >= 11 is 1.70. The molecule has 4 rings (SSSR count). The number of benzene rings is 1. The predicted molar refractivity (Wildman–Crippen MR) is 94.7 cm³/mol. The van der Waals surface area contributed by atoms with Crippen LogP contribution in [-0.4, -0.2) is 49.1 Å². The van der Waals surface area contributed by atoms with Gasteiger partial charge in [-0.05, 0) is 43.9 Å². The second-order valence-electron chi connectivity index (χ2n) is 6.45. The van der Waals surface area contributed by atoms with Gasteiger partial charge in [-0.2, -0.15) is 4.31 Å². The molecule has 124 valence electrons. The molecule has 0 bridgehead atoms. The Balaban J connectivity index is 1.53. The van der Waals surface area contributed by atoms with Crippen LogP contribution in [0.4, 0.5) is 5.13 Å². The number of anilines is 1. The Kier molecular flexibility index (Phi) is 3.82. The van der Waals surface area contributed by atoms with Crippen LogP contribution in [0.3, 0.4) is 0 Å². The van der Waals surface area contributed by atoms with E-state index in [0.717, 1.165) is 43.0 Å². The Bertz CT molecular complexity index is 827. The fourth-order valence-corrected chi connectivity index (χ4v) is 6.06. The molecule has 1 saturated heterocycles. The fourth-order valence-electron chi connectivity index (χ4n) is 3.07. The maximum atomic E-state index is 12.4. The molecule has 1 aromatic heterocycles. The summed E-state index contributed by atoms with van der Waals surface area (Å²) in [5, 5.41) is 0.899. The minimum atomic E-state index is -3.06. The van der Waals surface area contributed by atoms with E-state index in [2.05, 4.69) is 30.0 Å². The van der Waals surface area contributed by atoms with E-state index in [1.807, 2.05) is 0 Å². The molecule has 2 fully saturated rings. The molecule has 0 unspecified atom stereocenters. The molecule has 1 aromatic carbocycles. The molecule has 5 nitrogen and oxygen atoms in total. The third-order valence-corrected chi connectivity index (χ3v) is 8.04. The van der Waals surface area contributed by atoms with E-state index < -0.39 is 10.0 Å². The number of hydrogen-bond acceptors (Lipinski definition) is 5. The Morgan fingerprint density at radius 3 is 2.78 bits per heavy atom. The van der Waals surface area contributed by atoms with Crippen molar-refractivity contribution >= 4 is 36.7 Å². The van der Waals surface area contributed by atoms with E-state index in [1.54, 1.807) is 15.6 Å². The molecule has 2 aliphatic rings. The van der Waals surface area contributed by atoms with Gasteiger partial charge in [0.15, 0.2) is 5.13 Å². The highest BCUT2D eigenvalue weighted by Gasteiger charge is 2.40. The van der Waals surface area contributed by atoms with Gasteiger partial charge in [-0.3, -0.25) is 0 Å². The maximum Gasteiger partial charge on any atom is 0.217 e. The van der Waals surface area contributed by atoms with E-state index >= 15 is 0 Å². The highest BCUT2D eigenvalue weighted by molar-refractivity contribution is 7.90. The van der Waals surface area contributed by atoms with E-state index in [-0.39, 0.29) is 5.25 Å². The topological polar surface area (TPSA) is 53.5 Å². The van der Waals surface area contributed by atoms with E-state index in [0.29, 0.717) is 13.1 Å². The summed E-state index contributed by atoms with van der Waals surface area (Å²) < 4.78 is 27.7. The van der Waals surface area contributed by atoms with Gasteiger partial charge in [0.05, 0.1) is 15.5 Å². The molecule has 2 aromatic rings. The smallest absolute Gasteiger partial charge is 0.217 e. The summed E-state index contributed by atoms with van der Waals surface area (Å²) in [6.45, 7) is 4.90. The van der Waals surface area contributed by atoms with Crippen molar-refractivity contribution in [2.75, 3.05) is 31.1 Å². The SMILES string of the molecule is Cc1ccc2nc(N3CCCN(S(=O)(=O)C4CC4)CC3)sc2c1. The zero-order valence-electron chi connectivity index (χ0n) is 13.2. The molecule has 0 amide bonds. The van der Waals surface area contributed by atoms with Gasteiger partial charge >= 0.3 is 0 Å². The molecule has 0 spiro atoms. The Labute approximate surface area is 141 Å². The van der Waals surface area contributed by atoms with Gasteiger partial charge in [-0.15, -0.1) is 0 Å². The zero-order chi connectivity index (χ0) is 16.0. The summed E-state index contributed by atoms with van der Waals surface area (Å²) in [5.74, 6) is 0. The molecule has 0 atom stereocenters. The number of hydrogen-bond donors (Lipinski definition) is 0. The number of thiazole rings is 1. The number of nitrogens with zero attached hydrogens (tertiary/aromatic N) is 3. The fraction of sp³-hybridized carbons (Fsp3) is 0.562. The van der Waals surface area contributed by atoms with Gasteiger partial charge in [-0.25, -0.2) is 13.4 Å². The van der Waals surface area contributed by atoms with Gasteiger partial charge in [0, 0.05) is 26.2 Å². The largest absolute Gasteiger partial charge is 0.347 e. The van der Waals surface area contributed by atoms with Crippen molar-refractivity contribution in [2.24, 2.45) is 0 Å². The van der Waals surface area contributed by atoms with Crippen molar-refractivity contribution in [3.05, 3.63) is 23.8 Å². The van der Waals surface area contributed by atoms with E-state index in [9.17, 15) is 8.42 Å². The molecule has 0 radical (unpaired) electrons. The van der Waals surface area contributed by atoms with Crippen LogP contribution < -0.4 is 4.90 Å². The third-order valence-electron chi connectivity index (χ3n) is 4.56. The van der Waals surface area contributed by atoms with E-state index in [1.165, 1.54) is 10.3 Å². The van der Waals surface area contributed by atoms with Crippen molar-refractivity contribution in [1.29, 1.82) is 0 Å². The number of rotatable bonds is 3. The van der Waals surface area contributed by atoms with Crippen LogP contribution in [0.5, 0.6) is 0 Å². The van der Waals surface area contributed by atoms with Gasteiger partial charge in [0.1, 0.15) is 0 Å². The summed E-state index contributed by atoms with van der Waals surface area (Å²) in [4.78, 5) is 6.97. The highest BCUT2D eigenvalue weighted by atomic mass is 32.2. The standard InChI is InChI=1S/C16H21N3O2S2/c1-12-3-6-14-15(11-12)22-16(17-14)18-7-2-8-19(10-9-18)23(20,21)13-4-5-13/h3,6,11,13H,2,4-5,7-10H2,1H3. The minimum absolute atomic E-state index is 0.112. The number of sulfonamides is 1. The Hall–Kier alpha value is -1.18. The monoisotopic (exact) mass is 351 g/mol. The third kappa shape index (κ3) is 2.97. The molecule has 7 heteroatoms. The van der Waals surface area contributed by atoms with Crippen molar-refractivity contribution in [1.82, 2.24) is 9.29 Å². The van der Waals surface area contributed by atoms with Crippen molar-refractivity contribution in [3.63, 3.8) is 0 Å². The lowest BCUT2D eigenvalue weighted by Crippen LogP contribution is -2.37. The first-order valence-corrected chi connectivity index (χ1v) is 10.5. The molecule has 1 saturated carbocycles. The van der Waals surface area contributed by atoms with Crippen LogP contribution in [0.1, 0.15) is 24.8 Å². The lowest BCUT2D eigenvalue weighted by molar-refractivity contribution is 0.432. The van der Waals surface area contributed by atoms with Gasteiger partial charge in [0.2, 0.25) is 10.0 Å². The van der Waals surface area contributed by atoms with Crippen molar-refractivity contribution in [2.45, 2.75) is 31.4 Å². The molecule has 1 aliphatic heterocycles. The molecule has 1 aliphatic carbocycles. The molecular weight excluding hydrogens is 330 g/mol. The van der Waals surface area contributed by atoms with Gasteiger partial charge in [-0.1, -0.05) is 17.4 Å². The minimum Gasteiger partial charge on any atom is -0.347 e. The Morgan fingerprint density at radius 2 is 2.00 bits per heavy atom. The number of aryl methyl sites for hydroxylation is 1. The number of fused-ring (bicyclic) bond motifs is 1. The summed E-state index contributed by atoms with van der Waals surface area (Å²) in [6, 6.07) is 6.31. The first-order valence-electron chi connectivity index (χ1n) is 8.15. The lowest BCUT2D eigenvalue weighted by atomic mass is 10.2. The van der Waals surface area contributed by atoms with Crippen LogP contribution in [0.2, 0.25) is 0 Å². The molecular formula is C16H21N3O2S2. The van der Waals surface area contributed by atoms with Crippen LogP contribution in [0.25, 0.3) is 10.2 Å². The number of aromatic nitrogens is 1. The van der Waals surface area contributed by atoms with Crippen LogP contribution in [0, 0.1) is 6.92 Å². The lowest BCUT2D eigenvalue weighted by Gasteiger charge is -2.21. The Morgan fingerprint density at radius 1 is 1.17 bits per heavy atom. The second kappa shape index (κ2) is 5.72.